The molecule has 1 aromatic carbocycles. The van der Waals surface area contributed by atoms with Gasteiger partial charge in [0.1, 0.15) is 0 Å². The van der Waals surface area contributed by atoms with E-state index in [1.807, 2.05) is 24.0 Å². The molecule has 2 N–H and O–H groups in total. The minimum Gasteiger partial charge on any atom is -0.356 e. The number of nitrogens with one attached hydrogen (secondary N) is 2. The molecule has 1 fully saturated rings. The van der Waals surface area contributed by atoms with E-state index in [9.17, 15) is 0 Å². The highest BCUT2D eigenvalue weighted by Crippen LogP contribution is 2.43. The van der Waals surface area contributed by atoms with E-state index in [1.165, 1.54) is 24.8 Å². The highest BCUT2D eigenvalue weighted by molar-refractivity contribution is 5.79. The fraction of sp³-hybridized carbons (Fsp3) is 0.444. The molecule has 1 aliphatic rings. The molecule has 1 aromatic heterocycles. The molecule has 0 amide bonds. The summed E-state index contributed by atoms with van der Waals surface area (Å²) in [4.78, 5) is 4.33. The fourth-order valence-electron chi connectivity index (χ4n) is 3.16. The van der Waals surface area contributed by atoms with Crippen LogP contribution in [0.3, 0.4) is 0 Å². The normalized spacial score (nSPS) is 16.7. The third kappa shape index (κ3) is 3.73. The number of benzene rings is 1. The predicted molar refractivity (Wildman–Crippen MR) is 93.6 cm³/mol. The number of rotatable bonds is 6. The minimum absolute atomic E-state index is 0.265. The van der Waals surface area contributed by atoms with Crippen molar-refractivity contribution in [1.82, 2.24) is 20.4 Å². The molecule has 122 valence electrons. The van der Waals surface area contributed by atoms with Gasteiger partial charge in [-0.3, -0.25) is 9.67 Å². The summed E-state index contributed by atoms with van der Waals surface area (Å²) in [6.45, 7) is 2.57. The van der Waals surface area contributed by atoms with Crippen LogP contribution in [0, 0.1) is 0 Å². The molecule has 1 heterocycles. The molecule has 1 aliphatic carbocycles. The van der Waals surface area contributed by atoms with E-state index in [0.29, 0.717) is 0 Å². The molecule has 0 bridgehead atoms. The topological polar surface area (TPSA) is 54.2 Å². The lowest BCUT2D eigenvalue weighted by molar-refractivity contribution is 0.244. The monoisotopic (exact) mass is 311 g/mol. The summed E-state index contributed by atoms with van der Waals surface area (Å²) in [5, 5.41) is 11.1. The van der Waals surface area contributed by atoms with Gasteiger partial charge in [-0.1, -0.05) is 36.8 Å². The maximum Gasteiger partial charge on any atom is 0.191 e. The maximum atomic E-state index is 4.33. The van der Waals surface area contributed by atoms with E-state index < -0.39 is 0 Å². The molecule has 2 aromatic rings. The summed E-state index contributed by atoms with van der Waals surface area (Å²) < 4.78 is 1.91. The van der Waals surface area contributed by atoms with E-state index in [-0.39, 0.29) is 5.41 Å². The molecule has 1 saturated carbocycles. The Morgan fingerprint density at radius 2 is 2.04 bits per heavy atom. The zero-order valence-corrected chi connectivity index (χ0v) is 13.7. The molecule has 5 nitrogen and oxygen atoms in total. The standard InChI is InChI=1S/C18H25N5/c1-19-17(20-12-14-23-13-6-11-22-23)21-15-18(9-5-10-18)16-7-3-2-4-8-16/h2-4,6-8,11,13H,5,9-10,12,14-15H2,1H3,(H2,19,20,21). The Morgan fingerprint density at radius 3 is 2.65 bits per heavy atom. The van der Waals surface area contributed by atoms with Crippen molar-refractivity contribution in [3.05, 3.63) is 54.4 Å². The number of guanidine groups is 1. The van der Waals surface area contributed by atoms with E-state index in [0.717, 1.165) is 25.6 Å². The molecule has 0 radical (unpaired) electrons. The van der Waals surface area contributed by atoms with Gasteiger partial charge in [0.05, 0.1) is 6.54 Å². The van der Waals surface area contributed by atoms with Crippen molar-refractivity contribution >= 4 is 5.96 Å². The Hall–Kier alpha value is -2.30. The Kier molecular flexibility index (Phi) is 4.95. The van der Waals surface area contributed by atoms with Crippen molar-refractivity contribution in [2.24, 2.45) is 4.99 Å². The van der Waals surface area contributed by atoms with Gasteiger partial charge in [-0.15, -0.1) is 0 Å². The molecule has 0 saturated heterocycles. The molecule has 0 aliphatic heterocycles. The van der Waals surface area contributed by atoms with Crippen LogP contribution in [0.1, 0.15) is 24.8 Å². The number of aromatic nitrogens is 2. The SMILES string of the molecule is CN=C(NCCn1cccn1)NCC1(c2ccccc2)CCC1. The molecular formula is C18H25N5. The van der Waals surface area contributed by atoms with E-state index in [2.05, 4.69) is 51.1 Å². The second-order valence-corrected chi connectivity index (χ2v) is 6.12. The largest absolute Gasteiger partial charge is 0.356 e. The zero-order valence-electron chi connectivity index (χ0n) is 13.7. The van der Waals surface area contributed by atoms with Crippen LogP contribution in [0.15, 0.2) is 53.8 Å². The summed E-state index contributed by atoms with van der Waals surface area (Å²) >= 11 is 0. The van der Waals surface area contributed by atoms with Crippen LogP contribution in [0.25, 0.3) is 0 Å². The predicted octanol–water partition coefficient (Wildman–Crippen LogP) is 2.17. The van der Waals surface area contributed by atoms with Crippen LogP contribution >= 0.6 is 0 Å². The minimum atomic E-state index is 0.265. The molecule has 0 atom stereocenters. The lowest BCUT2D eigenvalue weighted by Crippen LogP contribution is -2.49. The lowest BCUT2D eigenvalue weighted by atomic mass is 9.64. The van der Waals surface area contributed by atoms with Crippen LogP contribution in [0.5, 0.6) is 0 Å². The van der Waals surface area contributed by atoms with E-state index >= 15 is 0 Å². The zero-order chi connectivity index (χ0) is 16.0. The van der Waals surface area contributed by atoms with Crippen LogP contribution in [-0.4, -0.2) is 35.9 Å². The molecule has 23 heavy (non-hydrogen) atoms. The Labute approximate surface area is 137 Å². The fourth-order valence-corrected chi connectivity index (χ4v) is 3.16. The highest BCUT2D eigenvalue weighted by atomic mass is 15.3. The third-order valence-electron chi connectivity index (χ3n) is 4.71. The molecule has 0 unspecified atom stereocenters. The van der Waals surface area contributed by atoms with Crippen LogP contribution in [0.2, 0.25) is 0 Å². The van der Waals surface area contributed by atoms with Crippen molar-refractivity contribution in [2.75, 3.05) is 20.1 Å². The molecule has 0 spiro atoms. The first-order chi connectivity index (χ1) is 11.3. The van der Waals surface area contributed by atoms with Gasteiger partial charge in [0.15, 0.2) is 5.96 Å². The quantitative estimate of drug-likeness (QED) is 0.635. The summed E-state index contributed by atoms with van der Waals surface area (Å²) in [5.41, 5.74) is 1.70. The van der Waals surface area contributed by atoms with Crippen molar-refractivity contribution in [1.29, 1.82) is 0 Å². The Balaban J connectivity index is 1.51. The first-order valence-corrected chi connectivity index (χ1v) is 8.30. The van der Waals surface area contributed by atoms with Crippen LogP contribution < -0.4 is 10.6 Å². The number of aliphatic imine (C=N–C) groups is 1. The second kappa shape index (κ2) is 7.31. The number of hydrogen-bond donors (Lipinski definition) is 2. The van der Waals surface area contributed by atoms with Gasteiger partial charge in [-0.25, -0.2) is 0 Å². The third-order valence-corrected chi connectivity index (χ3v) is 4.71. The van der Waals surface area contributed by atoms with Gasteiger partial charge in [0, 0.05) is 37.9 Å². The van der Waals surface area contributed by atoms with Crippen LogP contribution in [-0.2, 0) is 12.0 Å². The van der Waals surface area contributed by atoms with Gasteiger partial charge in [-0.05, 0) is 24.5 Å². The molecule has 5 heteroatoms. The van der Waals surface area contributed by atoms with Gasteiger partial charge in [0.25, 0.3) is 0 Å². The van der Waals surface area contributed by atoms with Gasteiger partial charge in [0.2, 0.25) is 0 Å². The van der Waals surface area contributed by atoms with E-state index in [1.54, 1.807) is 6.20 Å². The van der Waals surface area contributed by atoms with E-state index in [4.69, 9.17) is 0 Å². The average Bonchev–Trinajstić information content (AvgIpc) is 3.06. The summed E-state index contributed by atoms with van der Waals surface area (Å²) in [7, 11) is 1.82. The van der Waals surface area contributed by atoms with Gasteiger partial charge in [-0.2, -0.15) is 5.10 Å². The first-order valence-electron chi connectivity index (χ1n) is 8.30. The first kappa shape index (κ1) is 15.6. The van der Waals surface area contributed by atoms with Crippen molar-refractivity contribution < 1.29 is 0 Å². The molecule has 3 rings (SSSR count). The second-order valence-electron chi connectivity index (χ2n) is 6.12. The van der Waals surface area contributed by atoms with Gasteiger partial charge >= 0.3 is 0 Å². The summed E-state index contributed by atoms with van der Waals surface area (Å²) in [6, 6.07) is 12.8. The van der Waals surface area contributed by atoms with Gasteiger partial charge < -0.3 is 10.6 Å². The van der Waals surface area contributed by atoms with Crippen molar-refractivity contribution in [3.63, 3.8) is 0 Å². The lowest BCUT2D eigenvalue weighted by Gasteiger charge is -2.43. The van der Waals surface area contributed by atoms with Crippen LogP contribution in [0.4, 0.5) is 0 Å². The van der Waals surface area contributed by atoms with Crippen molar-refractivity contribution in [3.8, 4) is 0 Å². The van der Waals surface area contributed by atoms with Crippen molar-refractivity contribution in [2.45, 2.75) is 31.2 Å². The maximum absolute atomic E-state index is 4.33. The number of nitrogens with zero attached hydrogens (tertiary/aromatic N) is 3. The number of hydrogen-bond acceptors (Lipinski definition) is 2. The highest BCUT2D eigenvalue weighted by Gasteiger charge is 2.38. The summed E-state index contributed by atoms with van der Waals surface area (Å²) in [5.74, 6) is 0.861. The smallest absolute Gasteiger partial charge is 0.191 e. The Bertz CT molecular complexity index is 614. The Morgan fingerprint density at radius 1 is 1.22 bits per heavy atom. The average molecular weight is 311 g/mol. The molecular weight excluding hydrogens is 286 g/mol. The summed E-state index contributed by atoms with van der Waals surface area (Å²) in [6.07, 6.45) is 7.56.